The second-order valence-corrected chi connectivity index (χ2v) is 5.80. The molecule has 0 aliphatic heterocycles. The number of carboxylic acid groups (broad SMARTS) is 1. The van der Waals surface area contributed by atoms with E-state index in [1.807, 2.05) is 6.07 Å². The van der Waals surface area contributed by atoms with Crippen LogP contribution in [0.2, 0.25) is 0 Å². The smallest absolute Gasteiger partial charge is 0.346 e. The number of carbonyl (C=O) groups is 1. The molecule has 2 aromatic rings. The topological polar surface area (TPSA) is 65.0 Å². The Hall–Kier alpha value is -1.73. The Balaban J connectivity index is 2.16. The molecule has 0 saturated heterocycles. The number of halogens is 1. The summed E-state index contributed by atoms with van der Waals surface area (Å²) in [6.45, 7) is 0.253. The molecule has 0 amide bonds. The third-order valence-corrected chi connectivity index (χ3v) is 4.25. The predicted octanol–water partition coefficient (Wildman–Crippen LogP) is 3.81. The van der Waals surface area contributed by atoms with Crippen LogP contribution in [0.5, 0.6) is 17.2 Å². The van der Waals surface area contributed by atoms with Crippen LogP contribution in [0.25, 0.3) is 0 Å². The first kappa shape index (κ1) is 15.7. The molecule has 1 aromatic heterocycles. The minimum Gasteiger partial charge on any atom is -0.496 e. The van der Waals surface area contributed by atoms with Crippen molar-refractivity contribution in [3.8, 4) is 17.2 Å². The van der Waals surface area contributed by atoms with E-state index in [1.165, 1.54) is 6.07 Å². The van der Waals surface area contributed by atoms with Crippen molar-refractivity contribution in [2.75, 3.05) is 14.2 Å². The second kappa shape index (κ2) is 6.82. The van der Waals surface area contributed by atoms with Crippen LogP contribution in [0, 0.1) is 0 Å². The van der Waals surface area contributed by atoms with Gasteiger partial charge in [0, 0.05) is 17.0 Å². The monoisotopic (exact) mass is 372 g/mol. The van der Waals surface area contributed by atoms with E-state index < -0.39 is 5.97 Å². The van der Waals surface area contributed by atoms with E-state index >= 15 is 0 Å². The van der Waals surface area contributed by atoms with Gasteiger partial charge in [0.25, 0.3) is 0 Å². The Morgan fingerprint density at radius 3 is 2.52 bits per heavy atom. The molecule has 1 heterocycles. The van der Waals surface area contributed by atoms with Crippen molar-refractivity contribution < 1.29 is 24.1 Å². The minimum absolute atomic E-state index is 0.241. The van der Waals surface area contributed by atoms with Gasteiger partial charge in [-0.25, -0.2) is 4.79 Å². The molecule has 1 aromatic carbocycles. The number of aromatic carboxylic acids is 1. The van der Waals surface area contributed by atoms with E-state index in [-0.39, 0.29) is 11.5 Å². The lowest BCUT2D eigenvalue weighted by Crippen LogP contribution is -2.00. The van der Waals surface area contributed by atoms with Gasteiger partial charge in [-0.3, -0.25) is 0 Å². The quantitative estimate of drug-likeness (QED) is 0.834. The van der Waals surface area contributed by atoms with Crippen LogP contribution in [0.4, 0.5) is 0 Å². The highest BCUT2D eigenvalue weighted by Gasteiger charge is 2.12. The zero-order valence-electron chi connectivity index (χ0n) is 11.4. The number of carboxylic acids is 1. The van der Waals surface area contributed by atoms with Gasteiger partial charge in [-0.05, 0) is 28.1 Å². The van der Waals surface area contributed by atoms with Crippen LogP contribution < -0.4 is 14.2 Å². The Kier molecular flexibility index (Phi) is 5.08. The van der Waals surface area contributed by atoms with Crippen molar-refractivity contribution in [2.45, 2.75) is 6.61 Å². The lowest BCUT2D eigenvalue weighted by Gasteiger charge is -2.12. The summed E-state index contributed by atoms with van der Waals surface area (Å²) in [4.78, 5) is 11.1. The van der Waals surface area contributed by atoms with Crippen molar-refractivity contribution in [1.29, 1.82) is 0 Å². The Bertz CT molecular complexity index is 653. The predicted molar refractivity (Wildman–Crippen MR) is 82.9 cm³/mol. The minimum atomic E-state index is -0.960. The molecule has 1 N–H and O–H groups in total. The van der Waals surface area contributed by atoms with Gasteiger partial charge in [-0.15, -0.1) is 11.3 Å². The Morgan fingerprint density at radius 1 is 1.24 bits per heavy atom. The fourth-order valence-corrected chi connectivity index (χ4v) is 2.85. The zero-order chi connectivity index (χ0) is 15.4. The normalized spacial score (nSPS) is 10.2. The summed E-state index contributed by atoms with van der Waals surface area (Å²) in [5.74, 6) is 0.890. The lowest BCUT2D eigenvalue weighted by molar-refractivity contribution is 0.0702. The Labute approximate surface area is 134 Å². The van der Waals surface area contributed by atoms with Gasteiger partial charge in [0.1, 0.15) is 28.7 Å². The molecule has 0 saturated carbocycles. The highest BCUT2D eigenvalue weighted by Crippen LogP contribution is 2.33. The summed E-state index contributed by atoms with van der Waals surface area (Å²) < 4.78 is 16.9. The van der Waals surface area contributed by atoms with Gasteiger partial charge in [-0.1, -0.05) is 0 Å². The van der Waals surface area contributed by atoms with Gasteiger partial charge < -0.3 is 19.3 Å². The molecule has 0 aliphatic rings. The van der Waals surface area contributed by atoms with Gasteiger partial charge in [0.2, 0.25) is 0 Å². The fourth-order valence-electron chi connectivity index (χ4n) is 1.70. The van der Waals surface area contributed by atoms with Crippen molar-refractivity contribution in [2.24, 2.45) is 0 Å². The molecule has 0 unspecified atom stereocenters. The second-order valence-electron chi connectivity index (χ2n) is 4.04. The third-order valence-electron chi connectivity index (χ3n) is 2.74. The van der Waals surface area contributed by atoms with E-state index in [4.69, 9.17) is 19.3 Å². The van der Waals surface area contributed by atoms with Crippen LogP contribution >= 0.6 is 27.3 Å². The summed E-state index contributed by atoms with van der Waals surface area (Å²) >= 11 is 4.51. The molecule has 0 atom stereocenters. The molecule has 0 aliphatic carbocycles. The molecular formula is C14H13BrO5S. The van der Waals surface area contributed by atoms with Crippen LogP contribution in [-0.4, -0.2) is 25.3 Å². The molecule has 0 radical (unpaired) electrons. The van der Waals surface area contributed by atoms with E-state index in [9.17, 15) is 4.79 Å². The van der Waals surface area contributed by atoms with Gasteiger partial charge in [0.05, 0.1) is 18.7 Å². The average molecular weight is 373 g/mol. The molecule has 21 heavy (non-hydrogen) atoms. The zero-order valence-corrected chi connectivity index (χ0v) is 13.8. The average Bonchev–Trinajstić information content (AvgIpc) is 2.94. The number of thiophene rings is 1. The van der Waals surface area contributed by atoms with Gasteiger partial charge >= 0.3 is 5.97 Å². The lowest BCUT2D eigenvalue weighted by atomic mass is 10.2. The maximum Gasteiger partial charge on any atom is 0.346 e. The van der Waals surface area contributed by atoms with E-state index in [0.717, 1.165) is 21.4 Å². The largest absolute Gasteiger partial charge is 0.496 e. The molecule has 0 fully saturated rings. The molecule has 5 nitrogen and oxygen atoms in total. The van der Waals surface area contributed by atoms with E-state index in [0.29, 0.717) is 17.2 Å². The summed E-state index contributed by atoms with van der Waals surface area (Å²) in [5, 5.41) is 10.5. The van der Waals surface area contributed by atoms with Crippen LogP contribution in [0.3, 0.4) is 0 Å². The fraction of sp³-hybridized carbons (Fsp3) is 0.214. The number of hydrogen-bond acceptors (Lipinski definition) is 5. The third kappa shape index (κ3) is 3.68. The highest BCUT2D eigenvalue weighted by atomic mass is 79.9. The van der Waals surface area contributed by atoms with Crippen LogP contribution in [-0.2, 0) is 6.61 Å². The molecular weight excluding hydrogens is 360 g/mol. The number of rotatable bonds is 6. The molecule has 0 bridgehead atoms. The first-order chi connectivity index (χ1) is 10.0. The van der Waals surface area contributed by atoms with Gasteiger partial charge in [0.15, 0.2) is 0 Å². The number of ether oxygens (including phenoxy) is 3. The van der Waals surface area contributed by atoms with Crippen molar-refractivity contribution >= 4 is 33.2 Å². The van der Waals surface area contributed by atoms with Crippen molar-refractivity contribution in [3.05, 3.63) is 38.5 Å². The van der Waals surface area contributed by atoms with Crippen molar-refractivity contribution in [3.63, 3.8) is 0 Å². The van der Waals surface area contributed by atoms with Crippen LogP contribution in [0.15, 0.2) is 28.1 Å². The number of hydrogen-bond donors (Lipinski definition) is 1. The summed E-state index contributed by atoms with van der Waals surface area (Å²) in [6, 6.07) is 5.11. The first-order valence-corrected chi connectivity index (χ1v) is 7.57. The van der Waals surface area contributed by atoms with E-state index in [1.54, 1.807) is 25.7 Å². The summed E-state index contributed by atoms with van der Waals surface area (Å²) in [5.41, 5.74) is 0.806. The van der Waals surface area contributed by atoms with E-state index in [2.05, 4.69) is 15.9 Å². The van der Waals surface area contributed by atoms with Gasteiger partial charge in [-0.2, -0.15) is 0 Å². The first-order valence-electron chi connectivity index (χ1n) is 5.90. The standard InChI is InChI=1S/C14H13BrO5S/c1-18-11-5-10(15)12(19-2)3-8(11)6-20-9-4-13(14(16)17)21-7-9/h3-5,7H,6H2,1-2H3,(H,16,17). The Morgan fingerprint density at radius 2 is 1.95 bits per heavy atom. The van der Waals surface area contributed by atoms with Crippen molar-refractivity contribution in [1.82, 2.24) is 0 Å². The summed E-state index contributed by atoms with van der Waals surface area (Å²) in [6.07, 6.45) is 0. The molecule has 2 rings (SSSR count). The molecule has 112 valence electrons. The molecule has 0 spiro atoms. The SMILES string of the molecule is COc1cc(COc2csc(C(=O)O)c2)c(OC)cc1Br. The van der Waals surface area contributed by atoms with Crippen LogP contribution in [0.1, 0.15) is 15.2 Å². The molecule has 7 heteroatoms. The number of benzene rings is 1. The number of methoxy groups -OCH3 is 2. The maximum absolute atomic E-state index is 10.8. The summed E-state index contributed by atoms with van der Waals surface area (Å²) in [7, 11) is 3.15. The highest BCUT2D eigenvalue weighted by molar-refractivity contribution is 9.10. The maximum atomic E-state index is 10.8.